The predicted molar refractivity (Wildman–Crippen MR) is 121 cm³/mol. The molecule has 0 unspecified atom stereocenters. The maximum absolute atomic E-state index is 12.6. The fourth-order valence-corrected chi connectivity index (χ4v) is 2.90. The first-order valence-corrected chi connectivity index (χ1v) is 10.6. The van der Waals surface area contributed by atoms with Crippen molar-refractivity contribution in [3.63, 3.8) is 0 Å². The maximum Gasteiger partial charge on any atom is 0.408 e. The molecular formula is C24H29N3O6. The number of amides is 3. The van der Waals surface area contributed by atoms with Crippen LogP contribution in [-0.2, 0) is 32.3 Å². The zero-order valence-electron chi connectivity index (χ0n) is 18.6. The summed E-state index contributed by atoms with van der Waals surface area (Å²) in [4.78, 5) is 49.6. The second kappa shape index (κ2) is 13.0. The van der Waals surface area contributed by atoms with E-state index in [1.165, 1.54) is 0 Å². The van der Waals surface area contributed by atoms with Crippen LogP contribution in [0.2, 0.25) is 0 Å². The number of Topliss-reactive ketones (excluding diaryl/α,β-unsaturated/α-hetero) is 1. The molecule has 0 bridgehead atoms. The summed E-state index contributed by atoms with van der Waals surface area (Å²) < 4.78 is 5.05. The van der Waals surface area contributed by atoms with Crippen LogP contribution in [0.15, 0.2) is 60.7 Å². The van der Waals surface area contributed by atoms with Crippen LogP contribution >= 0.6 is 0 Å². The average Bonchev–Trinajstić information content (AvgIpc) is 2.83. The molecule has 0 aromatic heterocycles. The van der Waals surface area contributed by atoms with E-state index in [2.05, 4.69) is 16.0 Å². The largest absolute Gasteiger partial charge is 0.445 e. The monoisotopic (exact) mass is 455 g/mol. The van der Waals surface area contributed by atoms with Crippen LogP contribution in [0.4, 0.5) is 4.79 Å². The molecule has 9 nitrogen and oxygen atoms in total. The Balaban J connectivity index is 1.90. The molecule has 0 saturated carbocycles. The summed E-state index contributed by atoms with van der Waals surface area (Å²) in [5, 5.41) is 16.8. The molecule has 33 heavy (non-hydrogen) atoms. The van der Waals surface area contributed by atoms with Gasteiger partial charge in [0, 0.05) is 6.54 Å². The topological polar surface area (TPSA) is 134 Å². The molecule has 9 heteroatoms. The molecule has 0 aliphatic rings. The predicted octanol–water partition coefficient (Wildman–Crippen LogP) is 1.30. The highest BCUT2D eigenvalue weighted by molar-refractivity contribution is 6.38. The Labute approximate surface area is 192 Å². The summed E-state index contributed by atoms with van der Waals surface area (Å²) in [5.74, 6) is -2.88. The van der Waals surface area contributed by atoms with Gasteiger partial charge in [-0.3, -0.25) is 14.4 Å². The van der Waals surface area contributed by atoms with Gasteiger partial charge in [0.25, 0.3) is 5.91 Å². The lowest BCUT2D eigenvalue weighted by atomic mass is 9.98. The standard InChI is InChI=1S/C24H29N3O6/c1-16(2)20(21(29)23(31)25-13-17-9-5-3-6-10-17)27-22(30)19(14-28)26-24(32)33-15-18-11-7-4-8-12-18/h3-12,16,19-20,28H,13-15H2,1-2H3,(H,25,31)(H,26,32)(H,27,30)/t19-,20-/m0/s1. The Morgan fingerprint density at radius 3 is 2.00 bits per heavy atom. The molecule has 0 spiro atoms. The summed E-state index contributed by atoms with van der Waals surface area (Å²) in [7, 11) is 0. The van der Waals surface area contributed by atoms with Gasteiger partial charge in [-0.25, -0.2) is 4.79 Å². The average molecular weight is 456 g/mol. The number of benzene rings is 2. The van der Waals surface area contributed by atoms with Crippen molar-refractivity contribution in [1.82, 2.24) is 16.0 Å². The smallest absolute Gasteiger partial charge is 0.408 e. The van der Waals surface area contributed by atoms with Crippen molar-refractivity contribution in [3.05, 3.63) is 71.8 Å². The van der Waals surface area contributed by atoms with E-state index in [1.54, 1.807) is 50.2 Å². The second-order valence-corrected chi connectivity index (χ2v) is 7.70. The van der Waals surface area contributed by atoms with Gasteiger partial charge in [-0.2, -0.15) is 0 Å². The van der Waals surface area contributed by atoms with E-state index in [9.17, 15) is 24.3 Å². The van der Waals surface area contributed by atoms with Crippen LogP contribution in [0.3, 0.4) is 0 Å². The van der Waals surface area contributed by atoms with Crippen molar-refractivity contribution in [2.24, 2.45) is 5.92 Å². The zero-order chi connectivity index (χ0) is 24.2. The molecule has 0 fully saturated rings. The molecular weight excluding hydrogens is 426 g/mol. The van der Waals surface area contributed by atoms with Gasteiger partial charge in [0.15, 0.2) is 0 Å². The first kappa shape index (κ1) is 25.5. The van der Waals surface area contributed by atoms with E-state index in [1.807, 2.05) is 24.3 Å². The number of carbonyl (C=O) groups excluding carboxylic acids is 4. The number of carbonyl (C=O) groups is 4. The Bertz CT molecular complexity index is 934. The number of aliphatic hydroxyl groups is 1. The third-order valence-corrected chi connectivity index (χ3v) is 4.77. The van der Waals surface area contributed by atoms with E-state index in [4.69, 9.17) is 4.74 Å². The number of ether oxygens (including phenoxy) is 1. The van der Waals surface area contributed by atoms with Crippen LogP contribution in [0.25, 0.3) is 0 Å². The van der Waals surface area contributed by atoms with Gasteiger partial charge in [0.2, 0.25) is 11.7 Å². The molecule has 0 heterocycles. The Morgan fingerprint density at radius 2 is 1.45 bits per heavy atom. The molecule has 2 aromatic carbocycles. The van der Waals surface area contributed by atoms with Crippen LogP contribution in [0, 0.1) is 5.92 Å². The SMILES string of the molecule is CC(C)[C@H](NC(=O)[C@H](CO)NC(=O)OCc1ccccc1)C(=O)C(=O)NCc1ccccc1. The number of ketones is 1. The summed E-state index contributed by atoms with van der Waals surface area (Å²) in [5.41, 5.74) is 1.58. The molecule has 0 radical (unpaired) electrons. The van der Waals surface area contributed by atoms with E-state index < -0.39 is 48.3 Å². The number of rotatable bonds is 11. The van der Waals surface area contributed by atoms with Gasteiger partial charge in [-0.1, -0.05) is 74.5 Å². The van der Waals surface area contributed by atoms with Crippen LogP contribution < -0.4 is 16.0 Å². The lowest BCUT2D eigenvalue weighted by molar-refractivity contribution is -0.141. The highest BCUT2D eigenvalue weighted by Crippen LogP contribution is 2.06. The van der Waals surface area contributed by atoms with E-state index in [-0.39, 0.29) is 13.2 Å². The summed E-state index contributed by atoms with van der Waals surface area (Å²) in [6, 6.07) is 15.5. The van der Waals surface area contributed by atoms with Crippen molar-refractivity contribution in [2.45, 2.75) is 39.1 Å². The van der Waals surface area contributed by atoms with Gasteiger partial charge in [-0.05, 0) is 17.0 Å². The molecule has 2 aromatic rings. The van der Waals surface area contributed by atoms with Gasteiger partial charge in [0.05, 0.1) is 12.6 Å². The van der Waals surface area contributed by atoms with Crippen LogP contribution in [-0.4, -0.2) is 47.5 Å². The quantitative estimate of drug-likeness (QED) is 0.378. The fraction of sp³-hybridized carbons (Fsp3) is 0.333. The zero-order valence-corrected chi connectivity index (χ0v) is 18.6. The minimum absolute atomic E-state index is 0.0128. The number of hydrogen-bond acceptors (Lipinski definition) is 6. The summed E-state index contributed by atoms with van der Waals surface area (Å²) in [6.45, 7) is 2.77. The number of alkyl carbamates (subject to hydrolysis) is 1. The number of hydrogen-bond donors (Lipinski definition) is 4. The van der Waals surface area contributed by atoms with Gasteiger partial charge in [0.1, 0.15) is 12.6 Å². The first-order chi connectivity index (χ1) is 15.8. The molecule has 0 aliphatic heterocycles. The normalized spacial score (nSPS) is 12.4. The molecule has 0 saturated heterocycles. The lowest BCUT2D eigenvalue weighted by Gasteiger charge is -2.23. The van der Waals surface area contributed by atoms with Crippen LogP contribution in [0.1, 0.15) is 25.0 Å². The van der Waals surface area contributed by atoms with E-state index >= 15 is 0 Å². The maximum atomic E-state index is 12.6. The van der Waals surface area contributed by atoms with Crippen molar-refractivity contribution < 1.29 is 29.0 Å². The number of nitrogens with one attached hydrogen (secondary N) is 3. The van der Waals surface area contributed by atoms with Crippen molar-refractivity contribution in [1.29, 1.82) is 0 Å². The van der Waals surface area contributed by atoms with Gasteiger partial charge < -0.3 is 25.8 Å². The molecule has 4 N–H and O–H groups in total. The molecule has 2 atom stereocenters. The highest BCUT2D eigenvalue weighted by Gasteiger charge is 2.32. The van der Waals surface area contributed by atoms with E-state index in [0.717, 1.165) is 11.1 Å². The Hall–Kier alpha value is -3.72. The third kappa shape index (κ3) is 8.38. The Morgan fingerprint density at radius 1 is 0.879 bits per heavy atom. The minimum Gasteiger partial charge on any atom is -0.445 e. The minimum atomic E-state index is -1.35. The lowest BCUT2D eigenvalue weighted by Crippen LogP contribution is -2.56. The van der Waals surface area contributed by atoms with Gasteiger partial charge >= 0.3 is 6.09 Å². The van der Waals surface area contributed by atoms with Crippen molar-refractivity contribution in [2.75, 3.05) is 6.61 Å². The third-order valence-electron chi connectivity index (χ3n) is 4.77. The van der Waals surface area contributed by atoms with Crippen LogP contribution in [0.5, 0.6) is 0 Å². The summed E-state index contributed by atoms with van der Waals surface area (Å²) >= 11 is 0. The molecule has 176 valence electrons. The fourth-order valence-electron chi connectivity index (χ4n) is 2.90. The Kier molecular flexibility index (Phi) is 10.0. The first-order valence-electron chi connectivity index (χ1n) is 10.6. The second-order valence-electron chi connectivity index (χ2n) is 7.70. The molecule has 0 aliphatic carbocycles. The van der Waals surface area contributed by atoms with Crippen molar-refractivity contribution >= 4 is 23.7 Å². The summed E-state index contributed by atoms with van der Waals surface area (Å²) in [6.07, 6.45) is -0.902. The highest BCUT2D eigenvalue weighted by atomic mass is 16.5. The van der Waals surface area contributed by atoms with E-state index in [0.29, 0.717) is 0 Å². The number of aliphatic hydroxyl groups excluding tert-OH is 1. The molecule has 3 amide bonds. The molecule has 2 rings (SSSR count). The van der Waals surface area contributed by atoms with Gasteiger partial charge in [-0.15, -0.1) is 0 Å². The van der Waals surface area contributed by atoms with Crippen molar-refractivity contribution in [3.8, 4) is 0 Å².